The summed E-state index contributed by atoms with van der Waals surface area (Å²) in [5.74, 6) is 0.368. The Bertz CT molecular complexity index is 647. The summed E-state index contributed by atoms with van der Waals surface area (Å²) < 4.78 is 5.50. The lowest BCUT2D eigenvalue weighted by molar-refractivity contribution is -0.117. The van der Waals surface area contributed by atoms with Gasteiger partial charge in [-0.05, 0) is 36.6 Å². The highest BCUT2D eigenvalue weighted by atomic mass is 35.5. The average Bonchev–Trinajstić information content (AvgIpc) is 2.55. The summed E-state index contributed by atoms with van der Waals surface area (Å²) in [5.41, 5.74) is 7.59. The first-order chi connectivity index (χ1) is 11.1. The zero-order chi connectivity index (χ0) is 16.7. The largest absolute Gasteiger partial charge is 0.492 e. The van der Waals surface area contributed by atoms with Crippen LogP contribution in [0.4, 0.5) is 5.69 Å². The molecule has 0 aliphatic rings. The van der Waals surface area contributed by atoms with Crippen molar-refractivity contribution >= 4 is 23.2 Å². The van der Waals surface area contributed by atoms with Gasteiger partial charge in [0.25, 0.3) is 0 Å². The Morgan fingerprint density at radius 1 is 1.26 bits per heavy atom. The van der Waals surface area contributed by atoms with Gasteiger partial charge in [0.15, 0.2) is 0 Å². The van der Waals surface area contributed by atoms with Gasteiger partial charge in [0.05, 0.1) is 17.7 Å². The van der Waals surface area contributed by atoms with E-state index in [9.17, 15) is 4.79 Å². The molecule has 3 N–H and O–H groups in total. The molecule has 0 radical (unpaired) electrons. The number of hydrogen-bond acceptors (Lipinski definition) is 3. The van der Waals surface area contributed by atoms with Crippen molar-refractivity contribution in [2.75, 3.05) is 11.9 Å². The summed E-state index contributed by atoms with van der Waals surface area (Å²) in [5, 5.41) is 3.25. The summed E-state index contributed by atoms with van der Waals surface area (Å²) in [6.07, 6.45) is 1.39. The number of nitrogens with two attached hydrogens (primary N) is 1. The molecule has 1 atom stereocenters. The fraction of sp³-hybridized carbons (Fsp3) is 0.278. The van der Waals surface area contributed by atoms with Crippen molar-refractivity contribution in [1.82, 2.24) is 0 Å². The van der Waals surface area contributed by atoms with Crippen molar-refractivity contribution in [3.63, 3.8) is 0 Å². The topological polar surface area (TPSA) is 64.3 Å². The minimum atomic E-state index is -0.618. The molecule has 1 unspecified atom stereocenters. The van der Waals surface area contributed by atoms with Crippen LogP contribution in [0, 0.1) is 0 Å². The molecule has 122 valence electrons. The summed E-state index contributed by atoms with van der Waals surface area (Å²) in [7, 11) is 0. The Hall–Kier alpha value is -2.04. The molecular formula is C18H21ClN2O2. The molecule has 2 rings (SSSR count). The molecular weight excluding hydrogens is 312 g/mol. The number of nitrogens with one attached hydrogen (secondary N) is 1. The molecule has 0 spiro atoms. The molecule has 4 nitrogen and oxygen atoms in total. The average molecular weight is 333 g/mol. The Kier molecular flexibility index (Phi) is 6.44. The second kappa shape index (κ2) is 8.56. The summed E-state index contributed by atoms with van der Waals surface area (Å²) in [6.45, 7) is 2.63. The molecule has 0 heterocycles. The third-order valence-corrected chi connectivity index (χ3v) is 3.59. The Morgan fingerprint density at radius 2 is 2.00 bits per heavy atom. The van der Waals surface area contributed by atoms with Gasteiger partial charge in [0, 0.05) is 5.69 Å². The van der Waals surface area contributed by atoms with Crippen LogP contribution in [0.3, 0.4) is 0 Å². The van der Waals surface area contributed by atoms with Crippen molar-refractivity contribution in [2.24, 2.45) is 5.73 Å². The number of hydrogen-bond donors (Lipinski definition) is 2. The number of benzene rings is 2. The van der Waals surface area contributed by atoms with Crippen LogP contribution < -0.4 is 15.8 Å². The maximum atomic E-state index is 12.2. The van der Waals surface area contributed by atoms with Gasteiger partial charge >= 0.3 is 0 Å². The van der Waals surface area contributed by atoms with Crippen LogP contribution in [0.1, 0.15) is 18.9 Å². The molecule has 1 amide bonds. The molecule has 2 aromatic rings. The standard InChI is InChI=1S/C18H21ClN2O2/c1-2-10-23-17-9-8-14(12-15(17)19)21-18(22)16(20)11-13-6-4-3-5-7-13/h3-9,12,16H,2,10-11,20H2,1H3,(H,21,22). The van der Waals surface area contributed by atoms with Gasteiger partial charge in [0.1, 0.15) is 5.75 Å². The van der Waals surface area contributed by atoms with Gasteiger partial charge in [-0.2, -0.15) is 0 Å². The number of anilines is 1. The van der Waals surface area contributed by atoms with E-state index in [-0.39, 0.29) is 5.91 Å². The fourth-order valence-corrected chi connectivity index (χ4v) is 2.34. The highest BCUT2D eigenvalue weighted by Gasteiger charge is 2.15. The summed E-state index contributed by atoms with van der Waals surface area (Å²) in [6, 6.07) is 14.2. The van der Waals surface area contributed by atoms with Crippen molar-refractivity contribution in [2.45, 2.75) is 25.8 Å². The fourth-order valence-electron chi connectivity index (χ4n) is 2.10. The molecule has 0 aliphatic carbocycles. The van der Waals surface area contributed by atoms with Crippen LogP contribution in [0.2, 0.25) is 5.02 Å². The molecule has 0 saturated heterocycles. The predicted octanol–water partition coefficient (Wildman–Crippen LogP) is 3.64. The van der Waals surface area contributed by atoms with Gasteiger partial charge in [-0.15, -0.1) is 0 Å². The summed E-state index contributed by atoms with van der Waals surface area (Å²) >= 11 is 6.15. The molecule has 0 fully saturated rings. The molecule has 0 aromatic heterocycles. The first-order valence-electron chi connectivity index (χ1n) is 7.63. The van der Waals surface area contributed by atoms with E-state index in [0.717, 1.165) is 12.0 Å². The first-order valence-corrected chi connectivity index (χ1v) is 8.00. The lowest BCUT2D eigenvalue weighted by atomic mass is 10.1. The van der Waals surface area contributed by atoms with Crippen LogP contribution in [-0.4, -0.2) is 18.6 Å². The van der Waals surface area contributed by atoms with Gasteiger partial charge in [0.2, 0.25) is 5.91 Å². The lowest BCUT2D eigenvalue weighted by Gasteiger charge is -2.13. The number of ether oxygens (including phenoxy) is 1. The SMILES string of the molecule is CCCOc1ccc(NC(=O)C(N)Cc2ccccc2)cc1Cl. The molecule has 0 aliphatic heterocycles. The number of carbonyl (C=O) groups is 1. The zero-order valence-corrected chi connectivity index (χ0v) is 13.8. The van der Waals surface area contributed by atoms with Gasteiger partial charge in [-0.3, -0.25) is 4.79 Å². The highest BCUT2D eigenvalue weighted by molar-refractivity contribution is 6.32. The van der Waals surface area contributed by atoms with E-state index >= 15 is 0 Å². The van der Waals surface area contributed by atoms with Crippen molar-refractivity contribution in [3.05, 3.63) is 59.1 Å². The number of amides is 1. The molecule has 0 bridgehead atoms. The minimum Gasteiger partial charge on any atom is -0.492 e. The Morgan fingerprint density at radius 3 is 2.65 bits per heavy atom. The maximum Gasteiger partial charge on any atom is 0.241 e. The van der Waals surface area contributed by atoms with E-state index in [2.05, 4.69) is 5.32 Å². The van der Waals surface area contributed by atoms with Gasteiger partial charge in [-0.25, -0.2) is 0 Å². The molecule has 0 saturated carbocycles. The minimum absolute atomic E-state index is 0.243. The Labute approximate surface area is 141 Å². The molecule has 23 heavy (non-hydrogen) atoms. The third kappa shape index (κ3) is 5.27. The van der Waals surface area contributed by atoms with Crippen LogP contribution in [0.15, 0.2) is 48.5 Å². The van der Waals surface area contributed by atoms with E-state index in [1.54, 1.807) is 18.2 Å². The van der Waals surface area contributed by atoms with Crippen molar-refractivity contribution in [1.29, 1.82) is 0 Å². The second-order valence-corrected chi connectivity index (χ2v) is 5.69. The van der Waals surface area contributed by atoms with Crippen LogP contribution in [0.5, 0.6) is 5.75 Å². The van der Waals surface area contributed by atoms with E-state index in [1.165, 1.54) is 0 Å². The number of rotatable bonds is 7. The van der Waals surface area contributed by atoms with Crippen LogP contribution in [0.25, 0.3) is 0 Å². The predicted molar refractivity (Wildman–Crippen MR) is 94.0 cm³/mol. The van der Waals surface area contributed by atoms with Crippen molar-refractivity contribution in [3.8, 4) is 5.75 Å². The Balaban J connectivity index is 1.95. The van der Waals surface area contributed by atoms with Crippen LogP contribution >= 0.6 is 11.6 Å². The molecule has 2 aromatic carbocycles. The summed E-state index contributed by atoms with van der Waals surface area (Å²) in [4.78, 5) is 12.2. The molecule has 5 heteroatoms. The monoisotopic (exact) mass is 332 g/mol. The number of halogens is 1. The second-order valence-electron chi connectivity index (χ2n) is 5.28. The van der Waals surface area contributed by atoms with E-state index in [4.69, 9.17) is 22.1 Å². The quantitative estimate of drug-likeness (QED) is 0.813. The zero-order valence-electron chi connectivity index (χ0n) is 13.1. The third-order valence-electron chi connectivity index (χ3n) is 3.30. The normalized spacial score (nSPS) is 11.8. The van der Waals surface area contributed by atoms with Gasteiger partial charge < -0.3 is 15.8 Å². The van der Waals surface area contributed by atoms with E-state index in [0.29, 0.717) is 29.5 Å². The lowest BCUT2D eigenvalue weighted by Crippen LogP contribution is -2.37. The van der Waals surface area contributed by atoms with E-state index < -0.39 is 6.04 Å². The smallest absolute Gasteiger partial charge is 0.241 e. The number of carbonyl (C=O) groups excluding carboxylic acids is 1. The van der Waals surface area contributed by atoms with Crippen molar-refractivity contribution < 1.29 is 9.53 Å². The van der Waals surface area contributed by atoms with E-state index in [1.807, 2.05) is 37.3 Å². The maximum absolute atomic E-state index is 12.2. The van der Waals surface area contributed by atoms with Crippen LogP contribution in [-0.2, 0) is 11.2 Å². The first kappa shape index (κ1) is 17.3. The highest BCUT2D eigenvalue weighted by Crippen LogP contribution is 2.27. The van der Waals surface area contributed by atoms with Gasteiger partial charge in [-0.1, -0.05) is 48.9 Å².